The van der Waals surface area contributed by atoms with Gasteiger partial charge in [-0.3, -0.25) is 19.2 Å². The molecule has 2 amide bonds. The lowest BCUT2D eigenvalue weighted by Crippen LogP contribution is -2.46. The summed E-state index contributed by atoms with van der Waals surface area (Å²) in [5.74, 6) is -2.30. The normalized spacial score (nSPS) is 24.2. The molecule has 9 heteroatoms. The number of halogens is 1. The van der Waals surface area contributed by atoms with Crippen LogP contribution in [0.3, 0.4) is 0 Å². The standard InChI is InChI=1S/C31H21ClN2O6/c32-20-8-6-18(7-9-20)29(36)27-26-25(22-14-19(12-13-33(22)27)28(35)17-4-2-1-3-5-17)30(37)34(31(26)38)21-10-11-23-24(15-21)40-16-39-23/h1-15,22,25-27H,16H2/t22-,25+,26-,27-/m1/s1. The molecule has 3 aromatic carbocycles. The van der Waals surface area contributed by atoms with Gasteiger partial charge in [-0.1, -0.05) is 48.0 Å². The van der Waals surface area contributed by atoms with E-state index in [4.69, 9.17) is 21.1 Å². The van der Waals surface area contributed by atoms with Crippen molar-refractivity contribution in [1.82, 2.24) is 4.90 Å². The Morgan fingerprint density at radius 2 is 1.55 bits per heavy atom. The van der Waals surface area contributed by atoms with E-state index in [1.54, 1.807) is 90.0 Å². The Bertz CT molecular complexity index is 1650. The topological polar surface area (TPSA) is 93.2 Å². The van der Waals surface area contributed by atoms with E-state index in [0.29, 0.717) is 38.9 Å². The molecular weight excluding hydrogens is 532 g/mol. The minimum atomic E-state index is -0.960. The van der Waals surface area contributed by atoms with Crippen LogP contribution in [0.15, 0.2) is 96.7 Å². The molecule has 4 aliphatic heterocycles. The predicted molar refractivity (Wildman–Crippen MR) is 145 cm³/mol. The molecule has 0 bridgehead atoms. The Hall–Kier alpha value is -4.69. The average Bonchev–Trinajstić information content (AvgIpc) is 3.65. The highest BCUT2D eigenvalue weighted by atomic mass is 35.5. The van der Waals surface area contributed by atoms with Crippen molar-refractivity contribution < 1.29 is 28.7 Å². The van der Waals surface area contributed by atoms with Gasteiger partial charge in [-0.2, -0.15) is 0 Å². The van der Waals surface area contributed by atoms with Gasteiger partial charge < -0.3 is 14.4 Å². The number of benzene rings is 3. The Morgan fingerprint density at radius 3 is 2.33 bits per heavy atom. The number of nitrogens with zero attached hydrogens (tertiary/aromatic N) is 2. The van der Waals surface area contributed by atoms with Gasteiger partial charge in [0.25, 0.3) is 0 Å². The lowest BCUT2D eigenvalue weighted by molar-refractivity contribution is -0.123. The summed E-state index contributed by atoms with van der Waals surface area (Å²) in [5, 5.41) is 0.477. The monoisotopic (exact) mass is 552 g/mol. The summed E-state index contributed by atoms with van der Waals surface area (Å²) in [7, 11) is 0. The van der Waals surface area contributed by atoms with Crippen LogP contribution in [-0.2, 0) is 9.59 Å². The van der Waals surface area contributed by atoms with Crippen molar-refractivity contribution in [2.45, 2.75) is 12.1 Å². The zero-order chi connectivity index (χ0) is 27.5. The number of ether oxygens (including phenoxy) is 2. The zero-order valence-electron chi connectivity index (χ0n) is 20.9. The van der Waals surface area contributed by atoms with Gasteiger partial charge in [-0.05, 0) is 42.5 Å². The lowest BCUT2D eigenvalue weighted by Gasteiger charge is -2.32. The molecule has 7 rings (SSSR count). The van der Waals surface area contributed by atoms with Crippen molar-refractivity contribution >= 4 is 40.7 Å². The molecular formula is C31H21ClN2O6. The van der Waals surface area contributed by atoms with Gasteiger partial charge in [0.05, 0.1) is 23.6 Å². The number of Topliss-reactive ketones (excluding diaryl/α,β-unsaturated/α-hetero) is 2. The molecule has 0 radical (unpaired) electrons. The number of anilines is 1. The summed E-state index contributed by atoms with van der Waals surface area (Å²) in [5.41, 5.74) is 1.62. The average molecular weight is 553 g/mol. The van der Waals surface area contributed by atoms with Crippen LogP contribution in [0.1, 0.15) is 20.7 Å². The second-order valence-corrected chi connectivity index (χ2v) is 10.4. The Balaban J connectivity index is 1.30. The second-order valence-electron chi connectivity index (χ2n) is 9.99. The highest BCUT2D eigenvalue weighted by molar-refractivity contribution is 6.30. The van der Waals surface area contributed by atoms with Crippen molar-refractivity contribution in [3.05, 3.63) is 113 Å². The molecule has 8 nitrogen and oxygen atoms in total. The van der Waals surface area contributed by atoms with Crippen LogP contribution in [0.25, 0.3) is 0 Å². The van der Waals surface area contributed by atoms with E-state index in [2.05, 4.69) is 0 Å². The van der Waals surface area contributed by atoms with Crippen molar-refractivity contribution in [2.24, 2.45) is 11.8 Å². The summed E-state index contributed by atoms with van der Waals surface area (Å²) in [6, 6.07) is 18.5. The van der Waals surface area contributed by atoms with E-state index < -0.39 is 35.7 Å². The first kappa shape index (κ1) is 24.4. The van der Waals surface area contributed by atoms with Crippen molar-refractivity contribution in [1.29, 1.82) is 0 Å². The smallest absolute Gasteiger partial charge is 0.240 e. The Kier molecular flexibility index (Phi) is 5.61. The Morgan fingerprint density at radius 1 is 0.825 bits per heavy atom. The molecule has 0 N–H and O–H groups in total. The molecule has 0 aromatic heterocycles. The van der Waals surface area contributed by atoms with E-state index in [1.807, 2.05) is 6.07 Å². The van der Waals surface area contributed by atoms with Crippen LogP contribution >= 0.6 is 11.6 Å². The van der Waals surface area contributed by atoms with Gasteiger partial charge in [0.1, 0.15) is 6.04 Å². The van der Waals surface area contributed by atoms with Gasteiger partial charge in [0, 0.05) is 34.0 Å². The maximum atomic E-state index is 14.0. The third kappa shape index (κ3) is 3.67. The SMILES string of the molecule is O=C(C1=C[C@@H]2[C@@H]3C(=O)N(c4ccc5c(c4)OCO5)C(=O)[C@H]3[C@H](C(=O)c3ccc(Cl)cc3)N2C=C1)c1ccccc1. The zero-order valence-corrected chi connectivity index (χ0v) is 21.7. The maximum Gasteiger partial charge on any atom is 0.240 e. The van der Waals surface area contributed by atoms with E-state index in [1.165, 1.54) is 0 Å². The predicted octanol–water partition coefficient (Wildman–Crippen LogP) is 4.45. The molecule has 40 heavy (non-hydrogen) atoms. The van der Waals surface area contributed by atoms with Crippen LogP contribution in [-0.4, -0.2) is 47.2 Å². The summed E-state index contributed by atoms with van der Waals surface area (Å²) in [6.45, 7) is 0.0516. The van der Waals surface area contributed by atoms with Gasteiger partial charge >= 0.3 is 0 Å². The molecule has 4 heterocycles. The first-order valence-electron chi connectivity index (χ1n) is 12.8. The fourth-order valence-electron chi connectivity index (χ4n) is 6.02. The number of ketones is 2. The van der Waals surface area contributed by atoms with E-state index >= 15 is 0 Å². The quantitative estimate of drug-likeness (QED) is 0.341. The van der Waals surface area contributed by atoms with Crippen LogP contribution < -0.4 is 14.4 Å². The molecule has 4 aliphatic rings. The molecule has 0 spiro atoms. The van der Waals surface area contributed by atoms with Crippen molar-refractivity contribution in [3.63, 3.8) is 0 Å². The highest BCUT2D eigenvalue weighted by Crippen LogP contribution is 2.48. The van der Waals surface area contributed by atoms with Gasteiger partial charge in [0.2, 0.25) is 18.6 Å². The number of fused-ring (bicyclic) bond motifs is 4. The van der Waals surface area contributed by atoms with Crippen LogP contribution in [0, 0.1) is 11.8 Å². The highest BCUT2D eigenvalue weighted by Gasteiger charge is 2.63. The molecule has 2 saturated heterocycles. The first-order chi connectivity index (χ1) is 19.4. The molecule has 0 saturated carbocycles. The minimum absolute atomic E-state index is 0.0516. The number of amides is 2. The molecule has 0 unspecified atom stereocenters. The fourth-order valence-corrected chi connectivity index (χ4v) is 6.14. The van der Waals surface area contributed by atoms with Crippen LogP contribution in [0.5, 0.6) is 11.5 Å². The summed E-state index contributed by atoms with van der Waals surface area (Å²) >= 11 is 6.04. The lowest BCUT2D eigenvalue weighted by atomic mass is 9.85. The number of carbonyl (C=O) groups is 4. The van der Waals surface area contributed by atoms with Gasteiger partial charge in [-0.15, -0.1) is 0 Å². The third-order valence-electron chi connectivity index (χ3n) is 7.86. The van der Waals surface area contributed by atoms with Crippen molar-refractivity contribution in [2.75, 3.05) is 11.7 Å². The molecule has 3 aromatic rings. The molecule has 0 aliphatic carbocycles. The maximum absolute atomic E-state index is 14.0. The fraction of sp³-hybridized carbons (Fsp3) is 0.161. The van der Waals surface area contributed by atoms with Gasteiger partial charge in [0.15, 0.2) is 23.1 Å². The van der Waals surface area contributed by atoms with E-state index in [0.717, 1.165) is 4.90 Å². The largest absolute Gasteiger partial charge is 0.454 e. The van der Waals surface area contributed by atoms with Crippen molar-refractivity contribution in [3.8, 4) is 11.5 Å². The van der Waals surface area contributed by atoms with E-state index in [-0.39, 0.29) is 18.4 Å². The van der Waals surface area contributed by atoms with Crippen LogP contribution in [0.4, 0.5) is 5.69 Å². The van der Waals surface area contributed by atoms with E-state index in [9.17, 15) is 19.2 Å². The number of rotatable bonds is 5. The first-order valence-corrected chi connectivity index (χ1v) is 13.1. The summed E-state index contributed by atoms with van der Waals surface area (Å²) in [6.07, 6.45) is 5.00. The van der Waals surface area contributed by atoms with Gasteiger partial charge in [-0.25, -0.2) is 4.90 Å². The minimum Gasteiger partial charge on any atom is -0.454 e. The molecule has 4 atom stereocenters. The molecule has 2 fully saturated rings. The second kappa shape index (κ2) is 9.20. The number of imide groups is 1. The summed E-state index contributed by atoms with van der Waals surface area (Å²) < 4.78 is 10.8. The number of allylic oxidation sites excluding steroid dienone is 2. The van der Waals surface area contributed by atoms with Crippen LogP contribution in [0.2, 0.25) is 5.02 Å². The Labute approximate surface area is 234 Å². The number of carbonyl (C=O) groups excluding carboxylic acids is 4. The number of hydrogen-bond donors (Lipinski definition) is 0. The number of hydrogen-bond acceptors (Lipinski definition) is 7. The third-order valence-corrected chi connectivity index (χ3v) is 8.11. The molecule has 198 valence electrons. The summed E-state index contributed by atoms with van der Waals surface area (Å²) in [4.78, 5) is 58.1.